The second-order valence-corrected chi connectivity index (χ2v) is 5.72. The van der Waals surface area contributed by atoms with Crippen molar-refractivity contribution in [3.63, 3.8) is 0 Å². The van der Waals surface area contributed by atoms with Gasteiger partial charge in [0.15, 0.2) is 0 Å². The Hall–Kier alpha value is -1.40. The molecule has 1 fully saturated rings. The number of halogens is 2. The zero-order valence-corrected chi connectivity index (χ0v) is 13.0. The van der Waals surface area contributed by atoms with Crippen molar-refractivity contribution in [2.45, 2.75) is 19.4 Å². The van der Waals surface area contributed by atoms with Gasteiger partial charge in [0.2, 0.25) is 11.8 Å². The van der Waals surface area contributed by atoms with Gasteiger partial charge in [0.05, 0.1) is 10.6 Å². The van der Waals surface area contributed by atoms with E-state index in [4.69, 9.17) is 11.6 Å². The van der Waals surface area contributed by atoms with Gasteiger partial charge in [0.25, 0.3) is 5.91 Å². The van der Waals surface area contributed by atoms with E-state index >= 15 is 0 Å². The summed E-state index contributed by atoms with van der Waals surface area (Å²) in [7, 11) is 0. The molecule has 106 valence electrons. The average Bonchev–Trinajstić information content (AvgIpc) is 2.40. The molecule has 1 heterocycles. The first kappa shape index (κ1) is 15.0. The van der Waals surface area contributed by atoms with Crippen molar-refractivity contribution in [2.75, 3.05) is 6.54 Å². The van der Waals surface area contributed by atoms with Gasteiger partial charge in [0, 0.05) is 4.47 Å². The summed E-state index contributed by atoms with van der Waals surface area (Å²) >= 11 is 9.29. The van der Waals surface area contributed by atoms with Crippen LogP contribution < -0.4 is 5.32 Å². The maximum Gasteiger partial charge on any atom is 0.256 e. The summed E-state index contributed by atoms with van der Waals surface area (Å²) in [6, 6.07) is 4.22. The van der Waals surface area contributed by atoms with Crippen molar-refractivity contribution < 1.29 is 14.4 Å². The number of carbonyl (C=O) groups is 3. The van der Waals surface area contributed by atoms with Gasteiger partial charge >= 0.3 is 0 Å². The quantitative estimate of drug-likeness (QED) is 0.821. The zero-order valence-electron chi connectivity index (χ0n) is 10.7. The summed E-state index contributed by atoms with van der Waals surface area (Å²) < 4.78 is 0.700. The molecule has 0 radical (unpaired) electrons. The molecular weight excluding hydrogens is 348 g/mol. The van der Waals surface area contributed by atoms with Gasteiger partial charge in [-0.15, -0.1) is 0 Å². The van der Waals surface area contributed by atoms with Gasteiger partial charge in [-0.3, -0.25) is 19.7 Å². The minimum atomic E-state index is -0.657. The molecule has 1 aliphatic rings. The number of benzene rings is 1. The molecule has 0 aromatic heterocycles. The molecule has 0 spiro atoms. The molecule has 5 nitrogen and oxygen atoms in total. The molecule has 3 amide bonds. The van der Waals surface area contributed by atoms with E-state index < -0.39 is 23.8 Å². The molecule has 1 N–H and O–H groups in total. The minimum absolute atomic E-state index is 0.147. The molecule has 1 aromatic rings. The molecule has 0 saturated carbocycles. The number of imide groups is 1. The number of nitrogens with one attached hydrogen (secondary N) is 1. The van der Waals surface area contributed by atoms with Crippen LogP contribution in [0.3, 0.4) is 0 Å². The second-order valence-electron chi connectivity index (χ2n) is 4.39. The van der Waals surface area contributed by atoms with Crippen molar-refractivity contribution in [2.24, 2.45) is 0 Å². The average molecular weight is 360 g/mol. The van der Waals surface area contributed by atoms with Crippen molar-refractivity contribution in [1.82, 2.24) is 10.2 Å². The van der Waals surface area contributed by atoms with Crippen LogP contribution in [-0.2, 0) is 9.59 Å². The Bertz CT molecular complexity index is 591. The SMILES string of the molecule is CCC1C(=O)NC(=O)CN1C(=O)c1cc(Br)ccc1Cl. The predicted octanol–water partition coefficient (Wildman–Crippen LogP) is 1.98. The Labute approximate surface area is 129 Å². The molecule has 7 heteroatoms. The summed E-state index contributed by atoms with van der Waals surface area (Å²) in [5.41, 5.74) is 0.266. The van der Waals surface area contributed by atoms with Crippen molar-refractivity contribution in [3.8, 4) is 0 Å². The third-order valence-corrected chi connectivity index (χ3v) is 3.88. The lowest BCUT2D eigenvalue weighted by molar-refractivity contribution is -0.138. The van der Waals surface area contributed by atoms with Crippen LogP contribution in [0.15, 0.2) is 22.7 Å². The summed E-state index contributed by atoms with van der Waals surface area (Å²) in [6.45, 7) is 1.63. The first-order chi connectivity index (χ1) is 9.43. The molecule has 1 unspecified atom stereocenters. The Morgan fingerprint density at radius 3 is 2.85 bits per heavy atom. The lowest BCUT2D eigenvalue weighted by atomic mass is 10.1. The normalized spacial score (nSPS) is 18.9. The molecule has 0 aliphatic carbocycles. The Balaban J connectivity index is 2.37. The largest absolute Gasteiger partial charge is 0.317 e. The van der Waals surface area contributed by atoms with Crippen LogP contribution in [0.1, 0.15) is 23.7 Å². The van der Waals surface area contributed by atoms with E-state index in [1.54, 1.807) is 25.1 Å². The maximum absolute atomic E-state index is 12.5. The van der Waals surface area contributed by atoms with Crippen LogP contribution in [-0.4, -0.2) is 35.2 Å². The highest BCUT2D eigenvalue weighted by molar-refractivity contribution is 9.10. The third-order valence-electron chi connectivity index (χ3n) is 3.06. The molecule has 1 aromatic carbocycles. The van der Waals surface area contributed by atoms with E-state index in [9.17, 15) is 14.4 Å². The standard InChI is InChI=1S/C13H12BrClN2O3/c1-2-10-12(19)16-11(18)6-17(10)13(20)8-5-7(14)3-4-9(8)15/h3-5,10H,2,6H2,1H3,(H,16,18,19). The topological polar surface area (TPSA) is 66.5 Å². The molecule has 1 atom stereocenters. The van der Waals surface area contributed by atoms with E-state index in [1.807, 2.05) is 0 Å². The molecule has 2 rings (SSSR count). The molecular formula is C13H12BrClN2O3. The van der Waals surface area contributed by atoms with Crippen molar-refractivity contribution >= 4 is 45.3 Å². The lowest BCUT2D eigenvalue weighted by Gasteiger charge is -2.33. The first-order valence-corrected chi connectivity index (χ1v) is 7.20. The van der Waals surface area contributed by atoms with Gasteiger partial charge in [-0.2, -0.15) is 0 Å². The van der Waals surface area contributed by atoms with E-state index in [-0.39, 0.29) is 17.1 Å². The van der Waals surface area contributed by atoms with Gasteiger partial charge in [-0.25, -0.2) is 0 Å². The highest BCUT2D eigenvalue weighted by Gasteiger charge is 2.36. The predicted molar refractivity (Wildman–Crippen MR) is 77.4 cm³/mol. The van der Waals surface area contributed by atoms with Gasteiger partial charge in [0.1, 0.15) is 12.6 Å². The van der Waals surface area contributed by atoms with Gasteiger partial charge in [-0.05, 0) is 24.6 Å². The van der Waals surface area contributed by atoms with Crippen LogP contribution in [0.2, 0.25) is 5.02 Å². The number of nitrogens with zero attached hydrogens (tertiary/aromatic N) is 1. The van der Waals surface area contributed by atoms with E-state index in [0.717, 1.165) is 0 Å². The third kappa shape index (κ3) is 2.86. The first-order valence-electron chi connectivity index (χ1n) is 6.03. The molecule has 1 saturated heterocycles. The highest BCUT2D eigenvalue weighted by Crippen LogP contribution is 2.24. The molecule has 0 bridgehead atoms. The monoisotopic (exact) mass is 358 g/mol. The lowest BCUT2D eigenvalue weighted by Crippen LogP contribution is -2.59. The van der Waals surface area contributed by atoms with Gasteiger partial charge in [-0.1, -0.05) is 34.5 Å². The summed E-state index contributed by atoms with van der Waals surface area (Å²) in [5.74, 6) is -1.37. The Morgan fingerprint density at radius 2 is 2.20 bits per heavy atom. The van der Waals surface area contributed by atoms with Crippen LogP contribution in [0.25, 0.3) is 0 Å². The second kappa shape index (κ2) is 5.93. The maximum atomic E-state index is 12.5. The summed E-state index contributed by atoms with van der Waals surface area (Å²) in [6.07, 6.45) is 0.427. The van der Waals surface area contributed by atoms with Crippen molar-refractivity contribution in [3.05, 3.63) is 33.3 Å². The van der Waals surface area contributed by atoms with E-state index in [0.29, 0.717) is 10.9 Å². The van der Waals surface area contributed by atoms with Gasteiger partial charge < -0.3 is 4.90 Å². The highest BCUT2D eigenvalue weighted by atomic mass is 79.9. The minimum Gasteiger partial charge on any atom is -0.317 e. The Kier molecular flexibility index (Phi) is 4.45. The smallest absolute Gasteiger partial charge is 0.256 e. The summed E-state index contributed by atoms with van der Waals surface area (Å²) in [5, 5.41) is 2.51. The van der Waals surface area contributed by atoms with E-state index in [1.165, 1.54) is 4.90 Å². The van der Waals surface area contributed by atoms with Crippen LogP contribution in [0.4, 0.5) is 0 Å². The fourth-order valence-corrected chi connectivity index (χ4v) is 2.66. The molecule has 20 heavy (non-hydrogen) atoms. The number of amides is 3. The zero-order chi connectivity index (χ0) is 14.9. The fourth-order valence-electron chi connectivity index (χ4n) is 2.10. The van der Waals surface area contributed by atoms with E-state index in [2.05, 4.69) is 21.2 Å². The summed E-state index contributed by atoms with van der Waals surface area (Å²) in [4.78, 5) is 37.0. The number of rotatable bonds is 2. The number of hydrogen-bond acceptors (Lipinski definition) is 3. The van der Waals surface area contributed by atoms with Crippen LogP contribution >= 0.6 is 27.5 Å². The Morgan fingerprint density at radius 1 is 1.50 bits per heavy atom. The van der Waals surface area contributed by atoms with Crippen LogP contribution in [0.5, 0.6) is 0 Å². The number of hydrogen-bond donors (Lipinski definition) is 1. The van der Waals surface area contributed by atoms with Crippen molar-refractivity contribution in [1.29, 1.82) is 0 Å². The number of carbonyl (C=O) groups excluding carboxylic acids is 3. The fraction of sp³-hybridized carbons (Fsp3) is 0.308. The molecule has 1 aliphatic heterocycles. The van der Waals surface area contributed by atoms with Crippen LogP contribution in [0, 0.1) is 0 Å². The number of piperazine rings is 1.